The summed E-state index contributed by atoms with van der Waals surface area (Å²) in [5.41, 5.74) is 2.09. The molecule has 1 aromatic heterocycles. The van der Waals surface area contributed by atoms with Crippen molar-refractivity contribution in [3.8, 4) is 5.69 Å². The van der Waals surface area contributed by atoms with E-state index in [0.29, 0.717) is 17.8 Å². The fourth-order valence-corrected chi connectivity index (χ4v) is 2.66. The molecule has 0 unspecified atom stereocenters. The zero-order chi connectivity index (χ0) is 19.9. The Morgan fingerprint density at radius 3 is 2.39 bits per heavy atom. The summed E-state index contributed by atoms with van der Waals surface area (Å²) in [4.78, 5) is 26.5. The van der Waals surface area contributed by atoms with E-state index in [2.05, 4.69) is 15.5 Å². The third-order valence-corrected chi connectivity index (χ3v) is 4.18. The van der Waals surface area contributed by atoms with Gasteiger partial charge in [0.05, 0.1) is 11.3 Å². The largest absolute Gasteiger partial charge is 0.452 e. The molecule has 8 nitrogen and oxygen atoms in total. The lowest BCUT2D eigenvalue weighted by Gasteiger charge is -2.26. The van der Waals surface area contributed by atoms with Gasteiger partial charge in [0.2, 0.25) is 0 Å². The van der Waals surface area contributed by atoms with Gasteiger partial charge in [0.25, 0.3) is 5.91 Å². The van der Waals surface area contributed by atoms with Gasteiger partial charge in [-0.15, -0.1) is 5.10 Å². The first kappa shape index (κ1) is 19.2. The number of tetrazole rings is 1. The second-order valence-corrected chi connectivity index (χ2v) is 6.48. The van der Waals surface area contributed by atoms with Crippen molar-refractivity contribution in [3.05, 3.63) is 72.1 Å². The number of hydrogen-bond donors (Lipinski definition) is 0. The Bertz CT molecular complexity index is 909. The van der Waals surface area contributed by atoms with E-state index in [1.54, 1.807) is 29.2 Å². The Morgan fingerprint density at radius 2 is 1.79 bits per heavy atom. The summed E-state index contributed by atoms with van der Waals surface area (Å²) in [6, 6.07) is 16.3. The van der Waals surface area contributed by atoms with Gasteiger partial charge >= 0.3 is 5.97 Å². The molecule has 0 saturated carbocycles. The van der Waals surface area contributed by atoms with Crippen LogP contribution in [0.3, 0.4) is 0 Å². The molecule has 3 rings (SSSR count). The Morgan fingerprint density at radius 1 is 1.07 bits per heavy atom. The summed E-state index contributed by atoms with van der Waals surface area (Å²) in [5.74, 6) is -0.794. The maximum Gasteiger partial charge on any atom is 0.338 e. The lowest BCUT2D eigenvalue weighted by Crippen LogP contribution is -2.39. The summed E-state index contributed by atoms with van der Waals surface area (Å²) in [6.45, 7) is 4.02. The molecule has 0 radical (unpaired) electrons. The Hall–Kier alpha value is -3.55. The normalized spacial score (nSPS) is 10.7. The molecule has 0 spiro atoms. The van der Waals surface area contributed by atoms with Gasteiger partial charge in [-0.1, -0.05) is 30.3 Å². The highest BCUT2D eigenvalue weighted by Crippen LogP contribution is 2.11. The molecule has 144 valence electrons. The van der Waals surface area contributed by atoms with Crippen molar-refractivity contribution in [2.24, 2.45) is 0 Å². The predicted octanol–water partition coefficient (Wildman–Crippen LogP) is 2.26. The van der Waals surface area contributed by atoms with Crippen molar-refractivity contribution in [1.29, 1.82) is 0 Å². The van der Waals surface area contributed by atoms with E-state index < -0.39 is 5.97 Å². The standard InChI is InChI=1S/C20H21N5O3/c1-15(2)24(12-16-6-4-3-5-7-16)19(26)13-28-20(27)17-8-10-18(11-9-17)25-14-21-22-23-25/h3-11,14-15H,12-13H2,1-2H3. The average molecular weight is 379 g/mol. The minimum Gasteiger partial charge on any atom is -0.452 e. The Balaban J connectivity index is 1.58. The van der Waals surface area contributed by atoms with E-state index in [1.807, 2.05) is 44.2 Å². The molecule has 0 aliphatic carbocycles. The van der Waals surface area contributed by atoms with E-state index in [-0.39, 0.29) is 18.6 Å². The fraction of sp³-hybridized carbons (Fsp3) is 0.250. The fourth-order valence-electron chi connectivity index (χ4n) is 2.66. The summed E-state index contributed by atoms with van der Waals surface area (Å²) >= 11 is 0. The molecule has 0 bridgehead atoms. The van der Waals surface area contributed by atoms with Gasteiger partial charge in [0, 0.05) is 12.6 Å². The van der Waals surface area contributed by atoms with Crippen molar-refractivity contribution in [3.63, 3.8) is 0 Å². The topological polar surface area (TPSA) is 90.2 Å². The first-order valence-corrected chi connectivity index (χ1v) is 8.88. The van der Waals surface area contributed by atoms with Gasteiger partial charge in [-0.25, -0.2) is 9.48 Å². The van der Waals surface area contributed by atoms with Crippen LogP contribution in [0.2, 0.25) is 0 Å². The molecule has 8 heteroatoms. The number of aromatic nitrogens is 4. The van der Waals surface area contributed by atoms with Crippen molar-refractivity contribution in [2.75, 3.05) is 6.61 Å². The maximum atomic E-state index is 12.6. The molecule has 0 fully saturated rings. The highest BCUT2D eigenvalue weighted by atomic mass is 16.5. The maximum absolute atomic E-state index is 12.6. The van der Waals surface area contributed by atoms with Crippen LogP contribution in [0.5, 0.6) is 0 Å². The van der Waals surface area contributed by atoms with Crippen LogP contribution in [-0.4, -0.2) is 49.6 Å². The predicted molar refractivity (Wildman–Crippen MR) is 102 cm³/mol. The second-order valence-electron chi connectivity index (χ2n) is 6.48. The lowest BCUT2D eigenvalue weighted by molar-refractivity contribution is -0.136. The molecule has 0 saturated heterocycles. The zero-order valence-electron chi connectivity index (χ0n) is 15.7. The van der Waals surface area contributed by atoms with E-state index in [1.165, 1.54) is 11.0 Å². The number of hydrogen-bond acceptors (Lipinski definition) is 6. The van der Waals surface area contributed by atoms with Gasteiger partial charge in [0.1, 0.15) is 6.33 Å². The first-order valence-electron chi connectivity index (χ1n) is 8.88. The summed E-state index contributed by atoms with van der Waals surface area (Å²) < 4.78 is 6.69. The van der Waals surface area contributed by atoms with E-state index >= 15 is 0 Å². The van der Waals surface area contributed by atoms with Gasteiger partial charge < -0.3 is 9.64 Å². The summed E-state index contributed by atoms with van der Waals surface area (Å²) in [5, 5.41) is 10.9. The Labute approximate surface area is 162 Å². The number of benzene rings is 2. The quantitative estimate of drug-likeness (QED) is 0.585. The minimum absolute atomic E-state index is 0.0121. The molecular weight excluding hydrogens is 358 g/mol. The minimum atomic E-state index is -0.556. The van der Waals surface area contributed by atoms with E-state index in [4.69, 9.17) is 4.74 Å². The van der Waals surface area contributed by atoms with Crippen LogP contribution in [0.15, 0.2) is 60.9 Å². The molecule has 2 aromatic carbocycles. The molecule has 28 heavy (non-hydrogen) atoms. The zero-order valence-corrected chi connectivity index (χ0v) is 15.7. The van der Waals surface area contributed by atoms with Gasteiger partial charge in [-0.05, 0) is 54.1 Å². The molecule has 0 aliphatic heterocycles. The second kappa shape index (κ2) is 8.90. The van der Waals surface area contributed by atoms with Crippen LogP contribution in [0.1, 0.15) is 29.8 Å². The number of rotatable bonds is 7. The Kier molecular flexibility index (Phi) is 6.11. The third-order valence-electron chi connectivity index (χ3n) is 4.18. The van der Waals surface area contributed by atoms with E-state index in [9.17, 15) is 9.59 Å². The number of carbonyl (C=O) groups is 2. The molecule has 0 atom stereocenters. The first-order chi connectivity index (χ1) is 13.5. The number of nitrogens with zero attached hydrogens (tertiary/aromatic N) is 5. The van der Waals surface area contributed by atoms with Crippen molar-refractivity contribution in [1.82, 2.24) is 25.1 Å². The molecule has 1 amide bonds. The van der Waals surface area contributed by atoms with Crippen LogP contribution in [0, 0.1) is 0 Å². The molecule has 1 heterocycles. The average Bonchev–Trinajstić information content (AvgIpc) is 3.25. The third kappa shape index (κ3) is 4.79. The molecule has 0 aliphatic rings. The van der Waals surface area contributed by atoms with Crippen molar-refractivity contribution < 1.29 is 14.3 Å². The SMILES string of the molecule is CC(C)N(Cc1ccccc1)C(=O)COC(=O)c1ccc(-n2cnnn2)cc1. The van der Waals surface area contributed by atoms with Crippen LogP contribution in [0.4, 0.5) is 0 Å². The van der Waals surface area contributed by atoms with Gasteiger partial charge in [-0.3, -0.25) is 4.79 Å². The molecular formula is C20H21N5O3. The molecule has 0 N–H and O–H groups in total. The lowest BCUT2D eigenvalue weighted by atomic mass is 10.2. The van der Waals surface area contributed by atoms with Crippen LogP contribution in [-0.2, 0) is 16.1 Å². The van der Waals surface area contributed by atoms with Crippen LogP contribution in [0.25, 0.3) is 5.69 Å². The summed E-state index contributed by atoms with van der Waals surface area (Å²) in [7, 11) is 0. The van der Waals surface area contributed by atoms with Gasteiger partial charge in [-0.2, -0.15) is 0 Å². The van der Waals surface area contributed by atoms with E-state index in [0.717, 1.165) is 5.56 Å². The smallest absolute Gasteiger partial charge is 0.338 e. The summed E-state index contributed by atoms with van der Waals surface area (Å²) in [6.07, 6.45) is 1.46. The number of carbonyl (C=O) groups excluding carboxylic acids is 2. The number of amides is 1. The van der Waals surface area contributed by atoms with Crippen LogP contribution >= 0.6 is 0 Å². The van der Waals surface area contributed by atoms with Crippen LogP contribution < -0.4 is 0 Å². The number of ether oxygens (including phenoxy) is 1. The van der Waals surface area contributed by atoms with Crippen molar-refractivity contribution in [2.45, 2.75) is 26.4 Å². The van der Waals surface area contributed by atoms with Crippen molar-refractivity contribution >= 4 is 11.9 Å². The highest BCUT2D eigenvalue weighted by Gasteiger charge is 2.19. The number of esters is 1. The molecule has 3 aromatic rings. The van der Waals surface area contributed by atoms with Gasteiger partial charge in [0.15, 0.2) is 6.61 Å². The monoisotopic (exact) mass is 379 g/mol. The highest BCUT2D eigenvalue weighted by molar-refractivity contribution is 5.91.